The molecule has 20 heavy (non-hydrogen) atoms. The molecule has 0 bridgehead atoms. The second kappa shape index (κ2) is 8.88. The number of ketones is 1. The minimum atomic E-state index is 0.200. The van der Waals surface area contributed by atoms with E-state index in [1.54, 1.807) is 7.11 Å². The molecule has 0 spiro atoms. The lowest BCUT2D eigenvalue weighted by molar-refractivity contribution is 0.0811. The Hall–Kier alpha value is -1.19. The summed E-state index contributed by atoms with van der Waals surface area (Å²) in [4.78, 5) is 14.7. The van der Waals surface area contributed by atoms with Crippen molar-refractivity contribution in [2.24, 2.45) is 0 Å². The molecule has 0 aliphatic heterocycles. The molecule has 1 aromatic carbocycles. The highest BCUT2D eigenvalue weighted by Crippen LogP contribution is 2.13. The molecule has 0 N–H and O–H groups in total. The average molecular weight is 277 g/mol. The van der Waals surface area contributed by atoms with Crippen molar-refractivity contribution in [3.05, 3.63) is 35.4 Å². The van der Waals surface area contributed by atoms with E-state index in [2.05, 4.69) is 18.7 Å². The minimum absolute atomic E-state index is 0.200. The van der Waals surface area contributed by atoms with Crippen molar-refractivity contribution in [2.45, 2.75) is 39.7 Å². The third kappa shape index (κ3) is 4.73. The number of rotatable bonds is 9. The molecule has 0 fully saturated rings. The highest BCUT2D eigenvalue weighted by molar-refractivity contribution is 5.98. The van der Waals surface area contributed by atoms with Gasteiger partial charge in [0.15, 0.2) is 5.78 Å². The molecule has 0 saturated heterocycles. The van der Waals surface area contributed by atoms with Crippen molar-refractivity contribution < 1.29 is 9.53 Å². The molecule has 3 heteroatoms. The van der Waals surface area contributed by atoms with Crippen LogP contribution in [-0.4, -0.2) is 43.5 Å². The summed E-state index contributed by atoms with van der Waals surface area (Å²) in [6.07, 6.45) is 2.11. The molecule has 0 aromatic heterocycles. The van der Waals surface area contributed by atoms with E-state index in [9.17, 15) is 4.79 Å². The molecule has 0 aliphatic carbocycles. The van der Waals surface area contributed by atoms with Crippen LogP contribution in [0.4, 0.5) is 0 Å². The minimum Gasteiger partial charge on any atom is -0.383 e. The normalized spacial score (nSPS) is 11.3. The summed E-state index contributed by atoms with van der Waals surface area (Å²) >= 11 is 0. The summed E-state index contributed by atoms with van der Waals surface area (Å²) in [6, 6.07) is 8.24. The maximum atomic E-state index is 12.5. The number of Topliss-reactive ketones (excluding diaryl/α,β-unsaturated/α-hetero) is 1. The number of nitrogens with zero attached hydrogens (tertiary/aromatic N) is 1. The zero-order valence-electron chi connectivity index (χ0n) is 13.2. The molecule has 0 unspecified atom stereocenters. The van der Waals surface area contributed by atoms with E-state index in [4.69, 9.17) is 4.74 Å². The molecule has 0 aliphatic rings. The first kappa shape index (κ1) is 16.9. The Balaban J connectivity index is 2.78. The summed E-state index contributed by atoms with van der Waals surface area (Å²) in [7, 11) is 1.70. The van der Waals surface area contributed by atoms with Gasteiger partial charge in [-0.3, -0.25) is 9.69 Å². The summed E-state index contributed by atoms with van der Waals surface area (Å²) in [5.41, 5.74) is 1.88. The van der Waals surface area contributed by atoms with Gasteiger partial charge in [0.05, 0.1) is 13.2 Å². The summed E-state index contributed by atoms with van der Waals surface area (Å²) in [5, 5.41) is 0. The van der Waals surface area contributed by atoms with Crippen LogP contribution in [0.2, 0.25) is 0 Å². The number of aryl methyl sites for hydroxylation is 1. The molecule has 0 heterocycles. The molecular formula is C17H27NO2. The van der Waals surface area contributed by atoms with Crippen LogP contribution in [0, 0.1) is 6.92 Å². The Kier molecular flexibility index (Phi) is 7.48. The number of hydrogen-bond donors (Lipinski definition) is 0. The fourth-order valence-electron chi connectivity index (χ4n) is 2.56. The molecule has 1 rings (SSSR count). The largest absolute Gasteiger partial charge is 0.383 e. The summed E-state index contributed by atoms with van der Waals surface area (Å²) in [6.45, 7) is 8.28. The maximum Gasteiger partial charge on any atom is 0.177 e. The third-order valence-corrected chi connectivity index (χ3v) is 3.83. The van der Waals surface area contributed by atoms with Gasteiger partial charge in [-0.15, -0.1) is 0 Å². The first-order valence-electron chi connectivity index (χ1n) is 7.45. The van der Waals surface area contributed by atoms with Gasteiger partial charge in [0, 0.05) is 25.3 Å². The van der Waals surface area contributed by atoms with E-state index in [-0.39, 0.29) is 5.78 Å². The topological polar surface area (TPSA) is 29.5 Å². The molecule has 112 valence electrons. The quantitative estimate of drug-likeness (QED) is 0.649. The van der Waals surface area contributed by atoms with E-state index in [0.29, 0.717) is 19.2 Å². The zero-order valence-corrected chi connectivity index (χ0v) is 13.2. The van der Waals surface area contributed by atoms with Crippen LogP contribution < -0.4 is 0 Å². The van der Waals surface area contributed by atoms with Gasteiger partial charge in [-0.05, 0) is 25.3 Å². The number of methoxy groups -OCH3 is 1. The fourth-order valence-corrected chi connectivity index (χ4v) is 2.56. The van der Waals surface area contributed by atoms with E-state index in [1.807, 2.05) is 31.2 Å². The van der Waals surface area contributed by atoms with Crippen molar-refractivity contribution >= 4 is 5.78 Å². The Labute approximate surface area is 122 Å². The van der Waals surface area contributed by atoms with Gasteiger partial charge in [0.2, 0.25) is 0 Å². The lowest BCUT2D eigenvalue weighted by Gasteiger charge is -2.29. The molecule has 0 radical (unpaired) electrons. The van der Waals surface area contributed by atoms with E-state index in [0.717, 1.165) is 30.5 Å². The van der Waals surface area contributed by atoms with Crippen molar-refractivity contribution in [3.63, 3.8) is 0 Å². The lowest BCUT2D eigenvalue weighted by Crippen LogP contribution is -2.40. The molecule has 0 atom stereocenters. The van der Waals surface area contributed by atoms with Gasteiger partial charge in [0.1, 0.15) is 0 Å². The lowest BCUT2D eigenvalue weighted by atomic mass is 10.0. The Bertz CT molecular complexity index is 413. The monoisotopic (exact) mass is 277 g/mol. The third-order valence-electron chi connectivity index (χ3n) is 3.83. The van der Waals surface area contributed by atoms with Crippen molar-refractivity contribution in [2.75, 3.05) is 26.8 Å². The highest BCUT2D eigenvalue weighted by atomic mass is 16.5. The van der Waals surface area contributed by atoms with Crippen LogP contribution in [0.15, 0.2) is 24.3 Å². The fraction of sp³-hybridized carbons (Fsp3) is 0.588. The Morgan fingerprint density at radius 3 is 2.45 bits per heavy atom. The summed E-state index contributed by atoms with van der Waals surface area (Å²) in [5.74, 6) is 0.200. The smallest absolute Gasteiger partial charge is 0.177 e. The average Bonchev–Trinajstić information content (AvgIpc) is 2.46. The van der Waals surface area contributed by atoms with Crippen LogP contribution in [0.3, 0.4) is 0 Å². The standard InChI is InChI=1S/C17H27NO2/c1-5-15(6-2)18(11-12-20-4)13-17(19)16-10-8-7-9-14(16)3/h7-10,15H,5-6,11-13H2,1-4H3. The van der Waals surface area contributed by atoms with Gasteiger partial charge in [-0.2, -0.15) is 0 Å². The van der Waals surface area contributed by atoms with Crippen LogP contribution in [0.25, 0.3) is 0 Å². The van der Waals surface area contributed by atoms with Crippen LogP contribution in [0.1, 0.15) is 42.6 Å². The van der Waals surface area contributed by atoms with Gasteiger partial charge < -0.3 is 4.74 Å². The molecule has 0 saturated carbocycles. The highest BCUT2D eigenvalue weighted by Gasteiger charge is 2.19. The van der Waals surface area contributed by atoms with E-state index >= 15 is 0 Å². The van der Waals surface area contributed by atoms with Crippen molar-refractivity contribution in [1.82, 2.24) is 4.90 Å². The number of carbonyl (C=O) groups is 1. The van der Waals surface area contributed by atoms with Gasteiger partial charge in [-0.25, -0.2) is 0 Å². The van der Waals surface area contributed by atoms with Gasteiger partial charge >= 0.3 is 0 Å². The Morgan fingerprint density at radius 2 is 1.90 bits per heavy atom. The summed E-state index contributed by atoms with van der Waals surface area (Å²) < 4.78 is 5.17. The van der Waals surface area contributed by atoms with Gasteiger partial charge in [0.25, 0.3) is 0 Å². The van der Waals surface area contributed by atoms with Crippen molar-refractivity contribution in [1.29, 1.82) is 0 Å². The number of benzene rings is 1. The van der Waals surface area contributed by atoms with Crippen LogP contribution in [0.5, 0.6) is 0 Å². The predicted octanol–water partition coefficient (Wildman–Crippen LogP) is 3.31. The molecule has 0 amide bonds. The predicted molar refractivity (Wildman–Crippen MR) is 83.3 cm³/mol. The second-order valence-corrected chi connectivity index (χ2v) is 5.17. The van der Waals surface area contributed by atoms with E-state index in [1.165, 1.54) is 0 Å². The maximum absolute atomic E-state index is 12.5. The SMILES string of the molecule is CCC(CC)N(CCOC)CC(=O)c1ccccc1C. The van der Waals surface area contributed by atoms with Crippen LogP contribution >= 0.6 is 0 Å². The molecular weight excluding hydrogens is 250 g/mol. The number of carbonyl (C=O) groups excluding carboxylic acids is 1. The number of ether oxygens (including phenoxy) is 1. The first-order valence-corrected chi connectivity index (χ1v) is 7.45. The first-order chi connectivity index (χ1) is 9.63. The Morgan fingerprint density at radius 1 is 1.25 bits per heavy atom. The van der Waals surface area contributed by atoms with Crippen LogP contribution in [-0.2, 0) is 4.74 Å². The van der Waals surface area contributed by atoms with E-state index < -0.39 is 0 Å². The molecule has 3 nitrogen and oxygen atoms in total. The van der Waals surface area contributed by atoms with Gasteiger partial charge in [-0.1, -0.05) is 38.1 Å². The number of hydrogen-bond acceptors (Lipinski definition) is 3. The van der Waals surface area contributed by atoms with Crippen molar-refractivity contribution in [3.8, 4) is 0 Å². The second-order valence-electron chi connectivity index (χ2n) is 5.17. The molecule has 1 aromatic rings. The zero-order chi connectivity index (χ0) is 15.0.